The number of aromatic nitrogens is 4. The Kier molecular flexibility index (Phi) is 7.92. The van der Waals surface area contributed by atoms with Crippen molar-refractivity contribution in [2.75, 3.05) is 7.05 Å². The van der Waals surface area contributed by atoms with Crippen molar-refractivity contribution < 1.29 is 9.59 Å². The highest BCUT2D eigenvalue weighted by Gasteiger charge is 2.22. The van der Waals surface area contributed by atoms with Crippen LogP contribution in [0.25, 0.3) is 22.0 Å². The Labute approximate surface area is 205 Å². The van der Waals surface area contributed by atoms with Crippen LogP contribution < -0.4 is 10.6 Å². The van der Waals surface area contributed by atoms with E-state index in [-0.39, 0.29) is 17.9 Å². The van der Waals surface area contributed by atoms with E-state index in [0.29, 0.717) is 6.42 Å². The molecule has 1 unspecified atom stereocenters. The molecule has 8 heteroatoms. The Morgan fingerprint density at radius 1 is 1.06 bits per heavy atom. The monoisotopic (exact) mass is 472 g/mol. The van der Waals surface area contributed by atoms with Crippen molar-refractivity contribution in [1.82, 2.24) is 30.4 Å². The van der Waals surface area contributed by atoms with Gasteiger partial charge in [0, 0.05) is 31.4 Å². The average molecular weight is 473 g/mol. The highest BCUT2D eigenvalue weighted by Crippen LogP contribution is 2.26. The first-order valence-electron chi connectivity index (χ1n) is 12.1. The maximum Gasteiger partial charge on any atom is 0.245 e. The van der Waals surface area contributed by atoms with E-state index in [2.05, 4.69) is 56.0 Å². The molecular formula is C27H32N6O2. The fourth-order valence-corrected chi connectivity index (χ4v) is 4.15. The van der Waals surface area contributed by atoms with Gasteiger partial charge in [-0.15, -0.1) is 0 Å². The second kappa shape index (κ2) is 11.5. The SMILES string of the molecule is CNC(=O)CCCCC[C@H](NC(=O)C(C)n1cccn1)c1ncc(-c2ccc3ccccc3c2)[nH]1. The van der Waals surface area contributed by atoms with E-state index in [1.54, 1.807) is 30.2 Å². The van der Waals surface area contributed by atoms with Gasteiger partial charge < -0.3 is 15.6 Å². The van der Waals surface area contributed by atoms with Crippen molar-refractivity contribution >= 4 is 22.6 Å². The average Bonchev–Trinajstić information content (AvgIpc) is 3.60. The highest BCUT2D eigenvalue weighted by molar-refractivity contribution is 5.86. The number of nitrogens with zero attached hydrogens (tertiary/aromatic N) is 3. The van der Waals surface area contributed by atoms with Crippen molar-refractivity contribution in [3.63, 3.8) is 0 Å². The van der Waals surface area contributed by atoms with Crippen molar-refractivity contribution in [2.24, 2.45) is 0 Å². The molecule has 8 nitrogen and oxygen atoms in total. The number of rotatable bonds is 11. The number of aromatic amines is 1. The number of carbonyl (C=O) groups excluding carboxylic acids is 2. The molecule has 3 N–H and O–H groups in total. The third kappa shape index (κ3) is 6.15. The molecule has 0 aliphatic heterocycles. The third-order valence-electron chi connectivity index (χ3n) is 6.28. The fraction of sp³-hybridized carbons (Fsp3) is 0.333. The Morgan fingerprint density at radius 3 is 2.66 bits per heavy atom. The summed E-state index contributed by atoms with van der Waals surface area (Å²) in [5.41, 5.74) is 1.95. The van der Waals surface area contributed by atoms with Gasteiger partial charge in [0.25, 0.3) is 0 Å². The molecule has 0 bridgehead atoms. The number of amides is 2. The number of hydrogen-bond donors (Lipinski definition) is 3. The summed E-state index contributed by atoms with van der Waals surface area (Å²) in [5, 5.41) is 12.3. The summed E-state index contributed by atoms with van der Waals surface area (Å²) in [6.45, 7) is 1.82. The summed E-state index contributed by atoms with van der Waals surface area (Å²) >= 11 is 0. The van der Waals surface area contributed by atoms with Crippen LogP contribution in [0.2, 0.25) is 0 Å². The van der Waals surface area contributed by atoms with E-state index < -0.39 is 6.04 Å². The third-order valence-corrected chi connectivity index (χ3v) is 6.28. The Balaban J connectivity index is 1.48. The first-order chi connectivity index (χ1) is 17.0. The molecule has 2 amide bonds. The maximum atomic E-state index is 13.0. The van der Waals surface area contributed by atoms with E-state index in [0.717, 1.165) is 48.2 Å². The van der Waals surface area contributed by atoms with Crippen LogP contribution in [0.1, 0.15) is 56.9 Å². The lowest BCUT2D eigenvalue weighted by molar-refractivity contribution is -0.125. The van der Waals surface area contributed by atoms with Crippen LogP contribution in [-0.2, 0) is 9.59 Å². The minimum absolute atomic E-state index is 0.0500. The summed E-state index contributed by atoms with van der Waals surface area (Å²) in [6, 6.07) is 15.7. The number of carbonyl (C=O) groups is 2. The van der Waals surface area contributed by atoms with E-state index in [1.807, 2.05) is 25.3 Å². The molecule has 2 aromatic heterocycles. The van der Waals surface area contributed by atoms with Crippen LogP contribution in [0.3, 0.4) is 0 Å². The smallest absolute Gasteiger partial charge is 0.245 e. The topological polar surface area (TPSA) is 105 Å². The Bertz CT molecular complexity index is 1260. The van der Waals surface area contributed by atoms with Gasteiger partial charge in [-0.1, -0.05) is 49.2 Å². The van der Waals surface area contributed by atoms with E-state index in [4.69, 9.17) is 0 Å². The minimum Gasteiger partial charge on any atom is -0.359 e. The van der Waals surface area contributed by atoms with Crippen LogP contribution in [0.4, 0.5) is 0 Å². The maximum absolute atomic E-state index is 13.0. The molecule has 0 saturated carbocycles. The molecular weight excluding hydrogens is 440 g/mol. The number of benzene rings is 2. The van der Waals surface area contributed by atoms with Crippen LogP contribution in [-0.4, -0.2) is 38.6 Å². The Morgan fingerprint density at radius 2 is 1.89 bits per heavy atom. The molecule has 2 atom stereocenters. The largest absolute Gasteiger partial charge is 0.359 e. The van der Waals surface area contributed by atoms with Crippen LogP contribution in [0.15, 0.2) is 67.1 Å². The number of H-pyrrole nitrogens is 1. The van der Waals surface area contributed by atoms with Crippen molar-refractivity contribution in [2.45, 2.75) is 51.1 Å². The second-order valence-electron chi connectivity index (χ2n) is 8.74. The van der Waals surface area contributed by atoms with Gasteiger partial charge in [0.15, 0.2) is 0 Å². The van der Waals surface area contributed by atoms with Gasteiger partial charge in [0.1, 0.15) is 11.9 Å². The number of hydrogen-bond acceptors (Lipinski definition) is 4. The predicted octanol–water partition coefficient (Wildman–Crippen LogP) is 4.54. The lowest BCUT2D eigenvalue weighted by Gasteiger charge is -2.20. The molecule has 35 heavy (non-hydrogen) atoms. The first kappa shape index (κ1) is 24.2. The number of imidazole rings is 1. The predicted molar refractivity (Wildman–Crippen MR) is 137 cm³/mol. The van der Waals surface area contributed by atoms with Crippen LogP contribution >= 0.6 is 0 Å². The highest BCUT2D eigenvalue weighted by atomic mass is 16.2. The summed E-state index contributed by atoms with van der Waals surface area (Å²) in [4.78, 5) is 32.6. The zero-order valence-corrected chi connectivity index (χ0v) is 20.2. The van der Waals surface area contributed by atoms with Crippen molar-refractivity contribution in [3.05, 3.63) is 72.9 Å². The second-order valence-corrected chi connectivity index (χ2v) is 8.74. The first-order valence-corrected chi connectivity index (χ1v) is 12.1. The zero-order valence-electron chi connectivity index (χ0n) is 20.2. The molecule has 0 aliphatic rings. The summed E-state index contributed by atoms with van der Waals surface area (Å²) in [6.07, 6.45) is 9.06. The van der Waals surface area contributed by atoms with Gasteiger partial charge >= 0.3 is 0 Å². The normalized spacial score (nSPS) is 12.9. The van der Waals surface area contributed by atoms with Crippen molar-refractivity contribution in [3.8, 4) is 11.3 Å². The van der Waals surface area contributed by atoms with Gasteiger partial charge in [-0.2, -0.15) is 5.10 Å². The lowest BCUT2D eigenvalue weighted by Crippen LogP contribution is -2.35. The molecule has 0 spiro atoms. The van der Waals surface area contributed by atoms with Crippen molar-refractivity contribution in [1.29, 1.82) is 0 Å². The summed E-state index contributed by atoms with van der Waals surface area (Å²) < 4.78 is 1.64. The summed E-state index contributed by atoms with van der Waals surface area (Å²) in [5.74, 6) is 0.655. The molecule has 2 aromatic carbocycles. The van der Waals surface area contributed by atoms with E-state index in [9.17, 15) is 9.59 Å². The zero-order chi connectivity index (χ0) is 24.6. The fourth-order valence-electron chi connectivity index (χ4n) is 4.15. The molecule has 0 fully saturated rings. The van der Waals surface area contributed by atoms with Gasteiger partial charge in [-0.3, -0.25) is 14.3 Å². The van der Waals surface area contributed by atoms with Crippen LogP contribution in [0, 0.1) is 0 Å². The molecule has 182 valence electrons. The molecule has 2 heterocycles. The minimum atomic E-state index is -0.435. The molecule has 0 aliphatic carbocycles. The van der Waals surface area contributed by atoms with Gasteiger partial charge in [-0.05, 0) is 42.7 Å². The Hall–Kier alpha value is -3.94. The van der Waals surface area contributed by atoms with Gasteiger partial charge in [0.2, 0.25) is 11.8 Å². The summed E-state index contributed by atoms with van der Waals surface area (Å²) in [7, 11) is 1.65. The van der Waals surface area contributed by atoms with E-state index in [1.165, 1.54) is 5.39 Å². The van der Waals surface area contributed by atoms with Gasteiger partial charge in [0.05, 0.1) is 17.9 Å². The van der Waals surface area contributed by atoms with E-state index >= 15 is 0 Å². The van der Waals surface area contributed by atoms with Crippen LogP contribution in [0.5, 0.6) is 0 Å². The molecule has 0 saturated heterocycles. The lowest BCUT2D eigenvalue weighted by atomic mass is 10.1. The molecule has 0 radical (unpaired) electrons. The molecule has 4 aromatic rings. The standard InChI is InChI=1S/C27H32N6O2/c1-19(33-16-8-15-30-33)27(35)32-23(11-4-3-5-12-25(34)28-2)26-29-18-24(31-26)22-14-13-20-9-6-7-10-21(20)17-22/h6-10,13-19,23H,3-5,11-12H2,1-2H3,(H,28,34)(H,29,31)(H,32,35)/t19?,23-/m0/s1. The number of fused-ring (bicyclic) bond motifs is 1. The molecule has 4 rings (SSSR count). The number of unbranched alkanes of at least 4 members (excludes halogenated alkanes) is 2. The van der Waals surface area contributed by atoms with Gasteiger partial charge in [-0.25, -0.2) is 4.98 Å². The number of nitrogens with one attached hydrogen (secondary N) is 3. The quantitative estimate of drug-likeness (QED) is 0.279.